The predicted octanol–water partition coefficient (Wildman–Crippen LogP) is 1.01. The maximum Gasteiger partial charge on any atom is 0.249 e. The molecule has 2 atom stereocenters. The Bertz CT molecular complexity index is 634. The molecule has 0 unspecified atom stereocenters. The minimum atomic E-state index is -0.0778. The Morgan fingerprint density at radius 3 is 2.92 bits per heavy atom. The van der Waals surface area contributed by atoms with Crippen LogP contribution in [0.4, 0.5) is 0 Å². The minimum Gasteiger partial charge on any atom is -0.383 e. The van der Waals surface area contributed by atoms with Crippen molar-refractivity contribution in [2.75, 3.05) is 40.0 Å². The van der Waals surface area contributed by atoms with E-state index in [0.717, 1.165) is 17.5 Å². The third kappa shape index (κ3) is 4.02. The maximum absolute atomic E-state index is 12.8. The van der Waals surface area contributed by atoms with Gasteiger partial charge in [-0.25, -0.2) is 0 Å². The van der Waals surface area contributed by atoms with Gasteiger partial charge in [0.2, 0.25) is 11.8 Å². The van der Waals surface area contributed by atoms with Crippen molar-refractivity contribution in [1.29, 1.82) is 0 Å². The van der Waals surface area contributed by atoms with Gasteiger partial charge in [-0.2, -0.15) is 0 Å². The summed E-state index contributed by atoms with van der Waals surface area (Å²) in [4.78, 5) is 28.7. The van der Waals surface area contributed by atoms with E-state index >= 15 is 0 Å². The van der Waals surface area contributed by atoms with Gasteiger partial charge in [0.05, 0.1) is 25.2 Å². The molecule has 2 amide bonds. The highest BCUT2D eigenvalue weighted by molar-refractivity contribution is 5.80. The fraction of sp³-hybridized carbons (Fsp3) is 0.579. The van der Waals surface area contributed by atoms with Gasteiger partial charge >= 0.3 is 0 Å². The number of benzene rings is 1. The Morgan fingerprint density at radius 1 is 1.36 bits per heavy atom. The van der Waals surface area contributed by atoms with Crippen molar-refractivity contribution in [3.63, 3.8) is 0 Å². The van der Waals surface area contributed by atoms with Crippen molar-refractivity contribution in [3.8, 4) is 0 Å². The van der Waals surface area contributed by atoms with Gasteiger partial charge in [0.25, 0.3) is 0 Å². The van der Waals surface area contributed by atoms with Crippen LogP contribution in [0.3, 0.4) is 0 Å². The number of methoxy groups -OCH3 is 1. The van der Waals surface area contributed by atoms with Gasteiger partial charge in [0, 0.05) is 26.7 Å². The number of morpholine rings is 1. The molecule has 1 aromatic rings. The standard InChI is InChI=1S/C19H26N2O4/c1-14-5-3-4-6-15(14)11-18(22)20-8-7-17-16(12-20)21(9-10-24-2)19(23)13-25-17/h3-6,16-17H,7-13H2,1-2H3/t16-,17+/m0/s1. The SMILES string of the molecule is COCCN1C(=O)CO[C@@H]2CCN(C(=O)Cc3ccccc3C)C[C@@H]21. The first-order valence-corrected chi connectivity index (χ1v) is 8.82. The summed E-state index contributed by atoms with van der Waals surface area (Å²) in [5.41, 5.74) is 2.19. The molecular formula is C19H26N2O4. The Kier molecular flexibility index (Phi) is 5.71. The van der Waals surface area contributed by atoms with Gasteiger partial charge in [-0.15, -0.1) is 0 Å². The fourth-order valence-electron chi connectivity index (χ4n) is 3.64. The van der Waals surface area contributed by atoms with E-state index in [1.165, 1.54) is 0 Å². The molecule has 2 saturated heterocycles. The topological polar surface area (TPSA) is 59.1 Å². The Hall–Kier alpha value is -1.92. The summed E-state index contributed by atoms with van der Waals surface area (Å²) in [6.45, 7) is 4.39. The molecule has 0 N–H and O–H groups in total. The molecule has 0 saturated carbocycles. The number of likely N-dealkylation sites (tertiary alicyclic amines) is 1. The molecule has 136 valence electrons. The minimum absolute atomic E-state index is 0.0112. The van der Waals surface area contributed by atoms with Crippen LogP contribution in [0.5, 0.6) is 0 Å². The number of carbonyl (C=O) groups is 2. The number of carbonyl (C=O) groups excluding carboxylic acids is 2. The van der Waals surface area contributed by atoms with Gasteiger partial charge < -0.3 is 19.3 Å². The van der Waals surface area contributed by atoms with Crippen molar-refractivity contribution in [1.82, 2.24) is 9.80 Å². The molecule has 2 heterocycles. The van der Waals surface area contributed by atoms with E-state index in [2.05, 4.69) is 0 Å². The molecule has 0 aliphatic carbocycles. The zero-order chi connectivity index (χ0) is 17.8. The monoisotopic (exact) mass is 346 g/mol. The summed E-state index contributed by atoms with van der Waals surface area (Å²) < 4.78 is 10.8. The normalized spacial score (nSPS) is 23.5. The van der Waals surface area contributed by atoms with E-state index in [9.17, 15) is 9.59 Å². The van der Waals surface area contributed by atoms with Crippen molar-refractivity contribution in [2.24, 2.45) is 0 Å². The molecule has 2 aliphatic heterocycles. The van der Waals surface area contributed by atoms with Crippen LogP contribution in [0, 0.1) is 6.92 Å². The average Bonchev–Trinajstić information content (AvgIpc) is 2.62. The summed E-state index contributed by atoms with van der Waals surface area (Å²) in [6.07, 6.45) is 1.18. The zero-order valence-electron chi connectivity index (χ0n) is 14.9. The number of aryl methyl sites for hydroxylation is 1. The van der Waals surface area contributed by atoms with Crippen molar-refractivity contribution >= 4 is 11.8 Å². The molecule has 25 heavy (non-hydrogen) atoms. The number of nitrogens with zero attached hydrogens (tertiary/aromatic N) is 2. The molecule has 0 aromatic heterocycles. The Balaban J connectivity index is 1.67. The van der Waals surface area contributed by atoms with Crippen LogP contribution in [0.1, 0.15) is 17.5 Å². The highest BCUT2D eigenvalue weighted by Gasteiger charge is 2.41. The Labute approximate surface area is 148 Å². The summed E-state index contributed by atoms with van der Waals surface area (Å²) >= 11 is 0. The van der Waals surface area contributed by atoms with Crippen LogP contribution in [0.15, 0.2) is 24.3 Å². The van der Waals surface area contributed by atoms with Crippen LogP contribution < -0.4 is 0 Å². The first-order chi connectivity index (χ1) is 12.1. The highest BCUT2D eigenvalue weighted by atomic mass is 16.5. The lowest BCUT2D eigenvalue weighted by Gasteiger charge is -2.46. The molecular weight excluding hydrogens is 320 g/mol. The van der Waals surface area contributed by atoms with Crippen molar-refractivity contribution in [2.45, 2.75) is 31.9 Å². The molecule has 2 fully saturated rings. The lowest BCUT2D eigenvalue weighted by Crippen LogP contribution is -2.63. The molecule has 2 aliphatic rings. The summed E-state index contributed by atoms with van der Waals surface area (Å²) in [7, 11) is 1.63. The van der Waals surface area contributed by atoms with Crippen LogP contribution >= 0.6 is 0 Å². The molecule has 6 heteroatoms. The molecule has 0 bridgehead atoms. The molecule has 1 aromatic carbocycles. The van der Waals surface area contributed by atoms with Crippen LogP contribution in [-0.4, -0.2) is 73.7 Å². The second-order valence-corrected chi connectivity index (χ2v) is 6.73. The zero-order valence-corrected chi connectivity index (χ0v) is 14.9. The van der Waals surface area contributed by atoms with Crippen LogP contribution in [-0.2, 0) is 25.5 Å². The number of rotatable bonds is 5. The van der Waals surface area contributed by atoms with E-state index in [0.29, 0.717) is 32.7 Å². The van der Waals surface area contributed by atoms with Gasteiger partial charge in [-0.3, -0.25) is 9.59 Å². The first kappa shape index (κ1) is 17.9. The first-order valence-electron chi connectivity index (χ1n) is 8.82. The number of amides is 2. The number of hydrogen-bond acceptors (Lipinski definition) is 4. The maximum atomic E-state index is 12.8. The van der Waals surface area contributed by atoms with E-state index in [-0.39, 0.29) is 30.6 Å². The van der Waals surface area contributed by atoms with E-state index < -0.39 is 0 Å². The van der Waals surface area contributed by atoms with E-state index in [1.54, 1.807) is 7.11 Å². The highest BCUT2D eigenvalue weighted by Crippen LogP contribution is 2.24. The molecule has 3 rings (SSSR count). The fourth-order valence-corrected chi connectivity index (χ4v) is 3.64. The third-order valence-electron chi connectivity index (χ3n) is 5.15. The lowest BCUT2D eigenvalue weighted by molar-refractivity contribution is -0.167. The number of hydrogen-bond donors (Lipinski definition) is 0. The number of piperidine rings is 1. The van der Waals surface area contributed by atoms with E-state index in [1.807, 2.05) is 41.0 Å². The second kappa shape index (κ2) is 7.97. The third-order valence-corrected chi connectivity index (χ3v) is 5.15. The quantitative estimate of drug-likeness (QED) is 0.798. The van der Waals surface area contributed by atoms with E-state index in [4.69, 9.17) is 9.47 Å². The largest absolute Gasteiger partial charge is 0.383 e. The smallest absolute Gasteiger partial charge is 0.249 e. The van der Waals surface area contributed by atoms with Crippen LogP contribution in [0.25, 0.3) is 0 Å². The van der Waals surface area contributed by atoms with Gasteiger partial charge in [0.15, 0.2) is 0 Å². The van der Waals surface area contributed by atoms with Crippen molar-refractivity contribution in [3.05, 3.63) is 35.4 Å². The average molecular weight is 346 g/mol. The van der Waals surface area contributed by atoms with Gasteiger partial charge in [-0.1, -0.05) is 24.3 Å². The summed E-state index contributed by atoms with van der Waals surface area (Å²) in [5.74, 6) is 0.0870. The number of fused-ring (bicyclic) bond motifs is 1. The summed E-state index contributed by atoms with van der Waals surface area (Å²) in [6, 6.07) is 7.88. The van der Waals surface area contributed by atoms with Gasteiger partial charge in [-0.05, 0) is 24.5 Å². The lowest BCUT2D eigenvalue weighted by atomic mass is 9.97. The summed E-state index contributed by atoms with van der Waals surface area (Å²) in [5, 5.41) is 0. The second-order valence-electron chi connectivity index (χ2n) is 6.73. The molecule has 0 radical (unpaired) electrons. The molecule has 0 spiro atoms. The number of ether oxygens (including phenoxy) is 2. The van der Waals surface area contributed by atoms with Crippen molar-refractivity contribution < 1.29 is 19.1 Å². The Morgan fingerprint density at radius 2 is 2.16 bits per heavy atom. The molecule has 6 nitrogen and oxygen atoms in total. The predicted molar refractivity (Wildman–Crippen MR) is 93.2 cm³/mol. The van der Waals surface area contributed by atoms with Crippen LogP contribution in [0.2, 0.25) is 0 Å². The van der Waals surface area contributed by atoms with Gasteiger partial charge in [0.1, 0.15) is 6.61 Å².